The smallest absolute Gasteiger partial charge is 0.369 e. The Bertz CT molecular complexity index is 1880. The molecule has 3 aliphatic rings. The molecule has 17 nitrogen and oxygen atoms in total. The number of fused-ring (bicyclic) bond motifs is 2. The molecule has 6 rings (SSSR count). The number of likely N-dealkylation sites (tertiary alicyclic amines) is 1. The summed E-state index contributed by atoms with van der Waals surface area (Å²) in [7, 11) is -9.70. The molecular weight excluding hydrogens is 677 g/mol. The van der Waals surface area contributed by atoms with E-state index >= 15 is 4.39 Å². The number of carbonyl (C=O) groups is 1. The van der Waals surface area contributed by atoms with Gasteiger partial charge in [0.25, 0.3) is 5.08 Å². The van der Waals surface area contributed by atoms with E-state index in [0.29, 0.717) is 30.8 Å². The number of hydrogen-bond donors (Lipinski definition) is 6. The Labute approximate surface area is 272 Å². The molecule has 1 aliphatic carbocycles. The molecule has 2 saturated heterocycles. The fraction of sp³-hybridized carbons (Fsp3) is 0.571. The first-order valence-electron chi connectivity index (χ1n) is 15.4. The third-order valence-electron chi connectivity index (χ3n) is 9.57. The number of pyridine rings is 1. The molecule has 0 spiro atoms. The number of aromatic nitrogens is 4. The topological polar surface area (TPSA) is 241 Å². The second-order valence-corrected chi connectivity index (χ2v) is 16.7. The molecule has 2 atom stereocenters. The van der Waals surface area contributed by atoms with E-state index in [4.69, 9.17) is 4.74 Å². The Morgan fingerprint density at radius 2 is 1.83 bits per heavy atom. The van der Waals surface area contributed by atoms with Crippen LogP contribution in [0.15, 0.2) is 23.3 Å². The molecule has 4 heterocycles. The lowest BCUT2D eigenvalue weighted by Gasteiger charge is -2.36. The number of carboxylic acid groups (broad SMARTS) is 1. The Balaban J connectivity index is 1.20. The Hall–Kier alpha value is -3.21. The zero-order valence-corrected chi connectivity index (χ0v) is 27.7. The largest absolute Gasteiger partial charge is 0.492 e. The van der Waals surface area contributed by atoms with E-state index < -0.39 is 49.5 Å². The number of ether oxygens (including phenoxy) is 1. The predicted molar refractivity (Wildman–Crippen MR) is 167 cm³/mol. The third kappa shape index (κ3) is 6.20. The van der Waals surface area contributed by atoms with Gasteiger partial charge in [-0.15, -0.1) is 5.10 Å². The number of anilines is 1. The van der Waals surface area contributed by atoms with Crippen molar-refractivity contribution in [2.24, 2.45) is 5.92 Å². The van der Waals surface area contributed by atoms with Crippen molar-refractivity contribution in [1.82, 2.24) is 24.5 Å². The fourth-order valence-corrected chi connectivity index (χ4v) is 9.30. The molecule has 2 aliphatic heterocycles. The molecule has 3 aromatic rings. The van der Waals surface area contributed by atoms with Crippen LogP contribution in [0.1, 0.15) is 60.6 Å². The van der Waals surface area contributed by atoms with Gasteiger partial charge in [0.1, 0.15) is 11.3 Å². The van der Waals surface area contributed by atoms with Crippen molar-refractivity contribution in [3.05, 3.63) is 45.8 Å². The summed E-state index contributed by atoms with van der Waals surface area (Å²) in [6, 6.07) is 1.09. The van der Waals surface area contributed by atoms with Gasteiger partial charge >= 0.3 is 21.2 Å². The minimum atomic E-state index is -5.55. The molecule has 0 radical (unpaired) electrons. The maximum Gasteiger partial charge on any atom is 0.369 e. The molecule has 1 saturated carbocycles. The van der Waals surface area contributed by atoms with Crippen LogP contribution in [0.4, 0.5) is 10.1 Å². The number of methoxy groups -OCH3 is 1. The fourth-order valence-electron chi connectivity index (χ4n) is 7.04. The molecule has 0 unspecified atom stereocenters. The van der Waals surface area contributed by atoms with Gasteiger partial charge in [-0.1, -0.05) is 5.21 Å². The van der Waals surface area contributed by atoms with Crippen LogP contribution in [0.5, 0.6) is 5.75 Å². The quantitative estimate of drug-likeness (QED) is 0.146. The summed E-state index contributed by atoms with van der Waals surface area (Å²) < 4.78 is 48.1. The number of hydrogen-bond acceptors (Lipinski definition) is 10. The number of aryl methyl sites for hydroxylation is 1. The highest BCUT2D eigenvalue weighted by Gasteiger charge is 2.58. The van der Waals surface area contributed by atoms with Gasteiger partial charge < -0.3 is 44.0 Å². The summed E-state index contributed by atoms with van der Waals surface area (Å²) in [5.41, 5.74) is -0.0344. The summed E-state index contributed by atoms with van der Waals surface area (Å²) in [6.45, 7) is 2.07. The zero-order chi connectivity index (χ0) is 34.8. The molecule has 1 aromatic carbocycles. The monoisotopic (exact) mass is 714 g/mol. The first-order valence-corrected chi connectivity index (χ1v) is 18.7. The molecule has 6 N–H and O–H groups in total. The number of aromatic carboxylic acids is 1. The summed E-state index contributed by atoms with van der Waals surface area (Å²) in [6.07, 6.45) is 5.23. The Morgan fingerprint density at radius 3 is 2.46 bits per heavy atom. The second kappa shape index (κ2) is 12.6. The van der Waals surface area contributed by atoms with Crippen molar-refractivity contribution in [3.8, 4) is 5.75 Å². The van der Waals surface area contributed by atoms with E-state index in [1.807, 2.05) is 4.90 Å². The van der Waals surface area contributed by atoms with Crippen molar-refractivity contribution >= 4 is 37.8 Å². The molecule has 0 amide bonds. The standard InChI is InChI=1S/C28H37FN6O11P2/c1-46-26-23-19(25(36)20(27(37)38)14-35(23)18-5-6-18)10-21(29)24(26)33-11-16-4-2-8-32(22(16)15-33)12-17-13-34(31-30-17)9-3-7-28(39,47(40,41)42)48(43,44)45/h10,13-14,16,18,22,39H,2-9,11-12,15H2,1H3,(H,37,38)(H2,40,41,42)(H2,43,44,45)/t16-,22+/m0/s1. The molecule has 20 heteroatoms. The first kappa shape index (κ1) is 34.6. The number of benzene rings is 1. The lowest BCUT2D eigenvalue weighted by atomic mass is 9.92. The summed E-state index contributed by atoms with van der Waals surface area (Å²) in [4.78, 5) is 66.4. The molecular formula is C28H37FN6O11P2. The highest BCUT2D eigenvalue weighted by atomic mass is 31.2. The van der Waals surface area contributed by atoms with Crippen LogP contribution in [0.2, 0.25) is 0 Å². The van der Waals surface area contributed by atoms with Gasteiger partial charge in [0, 0.05) is 57.1 Å². The van der Waals surface area contributed by atoms with Crippen molar-refractivity contribution < 1.29 is 52.8 Å². The van der Waals surface area contributed by atoms with Crippen molar-refractivity contribution in [2.45, 2.75) is 68.8 Å². The molecule has 262 valence electrons. The minimum Gasteiger partial charge on any atom is -0.492 e. The van der Waals surface area contributed by atoms with Crippen molar-refractivity contribution in [3.63, 3.8) is 0 Å². The van der Waals surface area contributed by atoms with Crippen LogP contribution in [0.25, 0.3) is 10.9 Å². The summed E-state index contributed by atoms with van der Waals surface area (Å²) >= 11 is 0. The van der Waals surface area contributed by atoms with Gasteiger partial charge in [-0.3, -0.25) is 23.5 Å². The van der Waals surface area contributed by atoms with Crippen molar-refractivity contribution in [2.75, 3.05) is 31.6 Å². The number of halogens is 1. The normalized spacial score (nSPS) is 20.8. The van der Waals surface area contributed by atoms with Crippen LogP contribution in [0.3, 0.4) is 0 Å². The highest BCUT2D eigenvalue weighted by molar-refractivity contribution is 7.72. The number of piperidine rings is 1. The van der Waals surface area contributed by atoms with E-state index in [2.05, 4.69) is 15.2 Å². The van der Waals surface area contributed by atoms with E-state index in [1.165, 1.54) is 18.0 Å². The van der Waals surface area contributed by atoms with Gasteiger partial charge in [-0.25, -0.2) is 9.18 Å². The van der Waals surface area contributed by atoms with E-state index in [0.717, 1.165) is 38.3 Å². The van der Waals surface area contributed by atoms with Gasteiger partial charge in [-0.05, 0) is 50.6 Å². The number of carboxylic acids is 1. The van der Waals surface area contributed by atoms with Crippen LogP contribution in [-0.2, 0) is 22.2 Å². The lowest BCUT2D eigenvalue weighted by Crippen LogP contribution is -2.44. The van der Waals surface area contributed by atoms with Gasteiger partial charge in [0.15, 0.2) is 11.6 Å². The van der Waals surface area contributed by atoms with Gasteiger partial charge in [0.2, 0.25) is 5.43 Å². The summed E-state index contributed by atoms with van der Waals surface area (Å²) in [5.74, 6) is -1.70. The minimum absolute atomic E-state index is 0.00484. The molecule has 0 bridgehead atoms. The first-order chi connectivity index (χ1) is 22.5. The zero-order valence-electron chi connectivity index (χ0n) is 25.9. The van der Waals surface area contributed by atoms with Gasteiger partial charge in [0.05, 0.1) is 23.7 Å². The maximum atomic E-state index is 16.0. The second-order valence-electron chi connectivity index (χ2n) is 12.7. The van der Waals surface area contributed by atoms with Crippen LogP contribution in [-0.4, -0.2) is 98.1 Å². The van der Waals surface area contributed by atoms with Crippen LogP contribution < -0.4 is 15.1 Å². The van der Waals surface area contributed by atoms with E-state index in [1.54, 1.807) is 10.8 Å². The van der Waals surface area contributed by atoms with Crippen LogP contribution in [0, 0.1) is 11.7 Å². The summed E-state index contributed by atoms with van der Waals surface area (Å²) in [5, 5.41) is 24.4. The third-order valence-corrected chi connectivity index (χ3v) is 13.4. The predicted octanol–water partition coefficient (Wildman–Crippen LogP) is 1.66. The highest BCUT2D eigenvalue weighted by Crippen LogP contribution is 2.69. The number of rotatable bonds is 12. The van der Waals surface area contributed by atoms with Gasteiger partial charge in [-0.2, -0.15) is 0 Å². The van der Waals surface area contributed by atoms with E-state index in [-0.39, 0.29) is 47.8 Å². The average molecular weight is 715 g/mol. The molecule has 3 fully saturated rings. The Kier molecular flexibility index (Phi) is 9.09. The number of nitrogens with zero attached hydrogens (tertiary/aromatic N) is 6. The molecule has 2 aromatic heterocycles. The van der Waals surface area contributed by atoms with E-state index in [9.17, 15) is 48.5 Å². The average Bonchev–Trinajstić information content (AvgIpc) is 3.60. The Morgan fingerprint density at radius 1 is 1.12 bits per heavy atom. The van der Waals surface area contributed by atoms with Crippen molar-refractivity contribution in [1.29, 1.82) is 0 Å². The number of aliphatic hydroxyl groups is 1. The maximum absolute atomic E-state index is 16.0. The molecule has 48 heavy (non-hydrogen) atoms. The van der Waals surface area contributed by atoms with Crippen LogP contribution >= 0.6 is 15.2 Å². The lowest BCUT2D eigenvalue weighted by molar-refractivity contribution is 0.0694. The SMILES string of the molecule is COc1c(N2C[C@@H]3CCCN(Cc4cn(CCCC(O)(P(=O)(O)O)P(=O)(O)O)nn4)[C@@H]3C2)c(F)cc2c(=O)c(C(=O)O)cn(C3CC3)c12.